The molecular weight excluding hydrogens is 336 g/mol. The summed E-state index contributed by atoms with van der Waals surface area (Å²) in [6.45, 7) is 1.44. The first-order chi connectivity index (χ1) is 10.1. The molecule has 21 heavy (non-hydrogen) atoms. The number of fused-ring (bicyclic) bond motifs is 1. The number of anilines is 3. The lowest BCUT2D eigenvalue weighted by Crippen LogP contribution is -2.37. The molecule has 7 heteroatoms. The molecule has 108 valence electrons. The van der Waals surface area contributed by atoms with E-state index >= 15 is 0 Å². The summed E-state index contributed by atoms with van der Waals surface area (Å²) in [4.78, 5) is 19.2. The molecule has 6 nitrogen and oxygen atoms in total. The van der Waals surface area contributed by atoms with Gasteiger partial charge in [-0.15, -0.1) is 0 Å². The number of likely N-dealkylation sites (N-methyl/N-ethyl adjacent to an activating group) is 1. The number of hydrogen-bond acceptors (Lipinski definition) is 5. The number of nitro groups is 1. The molecule has 1 aliphatic rings. The molecule has 0 unspecified atom stereocenters. The van der Waals surface area contributed by atoms with Crippen LogP contribution in [0.4, 0.5) is 22.9 Å². The van der Waals surface area contributed by atoms with Crippen molar-refractivity contribution in [3.05, 3.63) is 51.1 Å². The zero-order chi connectivity index (χ0) is 15.0. The van der Waals surface area contributed by atoms with Crippen molar-refractivity contribution in [2.75, 3.05) is 29.9 Å². The summed E-state index contributed by atoms with van der Waals surface area (Å²) < 4.78 is 0.598. The summed E-state index contributed by atoms with van der Waals surface area (Å²) in [5.74, 6) is 0.378. The van der Waals surface area contributed by atoms with Crippen molar-refractivity contribution in [2.45, 2.75) is 0 Å². The van der Waals surface area contributed by atoms with Crippen LogP contribution in [0.25, 0.3) is 0 Å². The third kappa shape index (κ3) is 2.44. The summed E-state index contributed by atoms with van der Waals surface area (Å²) in [5, 5.41) is 11.3. The second-order valence-corrected chi connectivity index (χ2v) is 5.73. The number of benzene rings is 1. The highest BCUT2D eigenvalue weighted by atomic mass is 79.9. The summed E-state index contributed by atoms with van der Waals surface area (Å²) in [6.07, 6.45) is 1.59. The molecular formula is C14H13BrN4O2. The van der Waals surface area contributed by atoms with Gasteiger partial charge in [-0.05, 0) is 28.1 Å². The Bertz CT molecular complexity index is 707. The van der Waals surface area contributed by atoms with E-state index in [4.69, 9.17) is 0 Å². The molecule has 0 N–H and O–H groups in total. The van der Waals surface area contributed by atoms with E-state index < -0.39 is 4.92 Å². The molecule has 0 bridgehead atoms. The average molecular weight is 349 g/mol. The molecule has 0 amide bonds. The Hall–Kier alpha value is -2.15. The van der Waals surface area contributed by atoms with Crippen LogP contribution in [0.3, 0.4) is 0 Å². The minimum atomic E-state index is -0.395. The quantitative estimate of drug-likeness (QED) is 0.615. The van der Waals surface area contributed by atoms with Crippen LogP contribution in [0.2, 0.25) is 0 Å². The fourth-order valence-corrected chi connectivity index (χ4v) is 2.81. The standard InChI is InChI=1S/C14H13BrN4O2/c1-17-6-7-18(12-5-3-2-4-11(12)17)14-13(19(20)21)8-10(15)9-16-14/h2-5,8-9H,6-7H2,1H3. The van der Waals surface area contributed by atoms with Crippen LogP contribution in [0.1, 0.15) is 0 Å². The van der Waals surface area contributed by atoms with E-state index in [9.17, 15) is 10.1 Å². The maximum Gasteiger partial charge on any atom is 0.313 e. The molecule has 0 radical (unpaired) electrons. The van der Waals surface area contributed by atoms with Gasteiger partial charge in [0.1, 0.15) is 0 Å². The highest BCUT2D eigenvalue weighted by Gasteiger charge is 2.28. The monoisotopic (exact) mass is 348 g/mol. The second kappa shape index (κ2) is 5.33. The third-order valence-electron chi connectivity index (χ3n) is 3.51. The van der Waals surface area contributed by atoms with Crippen LogP contribution in [0.5, 0.6) is 0 Å². The molecule has 0 saturated heterocycles. The number of pyridine rings is 1. The number of rotatable bonds is 2. The van der Waals surface area contributed by atoms with Gasteiger partial charge in [-0.25, -0.2) is 4.98 Å². The fourth-order valence-electron chi connectivity index (χ4n) is 2.49. The topological polar surface area (TPSA) is 62.5 Å². The summed E-state index contributed by atoms with van der Waals surface area (Å²) >= 11 is 3.24. The van der Waals surface area contributed by atoms with Crippen molar-refractivity contribution in [3.8, 4) is 0 Å². The van der Waals surface area contributed by atoms with Crippen molar-refractivity contribution in [2.24, 2.45) is 0 Å². The summed E-state index contributed by atoms with van der Waals surface area (Å²) in [6, 6.07) is 9.34. The Morgan fingerprint density at radius 1 is 1.29 bits per heavy atom. The Morgan fingerprint density at radius 3 is 2.71 bits per heavy atom. The first kappa shape index (κ1) is 13.8. The SMILES string of the molecule is CN1CCN(c2ncc(Br)cc2[N+](=O)[O-])c2ccccc21. The normalized spacial score (nSPS) is 14.0. The largest absolute Gasteiger partial charge is 0.371 e. The lowest BCUT2D eigenvalue weighted by Gasteiger charge is -2.35. The first-order valence-corrected chi connectivity index (χ1v) is 7.25. The van der Waals surface area contributed by atoms with E-state index in [0.29, 0.717) is 16.8 Å². The maximum absolute atomic E-state index is 11.3. The lowest BCUT2D eigenvalue weighted by molar-refractivity contribution is -0.384. The van der Waals surface area contributed by atoms with E-state index in [0.717, 1.165) is 17.9 Å². The highest BCUT2D eigenvalue weighted by molar-refractivity contribution is 9.10. The lowest BCUT2D eigenvalue weighted by atomic mass is 10.1. The van der Waals surface area contributed by atoms with Crippen molar-refractivity contribution in [3.63, 3.8) is 0 Å². The Labute approximate surface area is 130 Å². The van der Waals surface area contributed by atoms with Gasteiger partial charge in [-0.2, -0.15) is 0 Å². The van der Waals surface area contributed by atoms with Gasteiger partial charge in [-0.1, -0.05) is 12.1 Å². The number of hydrogen-bond donors (Lipinski definition) is 0. The Kier molecular flexibility index (Phi) is 3.50. The Morgan fingerprint density at radius 2 is 2.00 bits per heavy atom. The number of halogens is 1. The molecule has 1 aliphatic heterocycles. The average Bonchev–Trinajstić information content (AvgIpc) is 2.48. The van der Waals surface area contributed by atoms with Gasteiger partial charge >= 0.3 is 5.69 Å². The number of nitrogens with zero attached hydrogens (tertiary/aromatic N) is 4. The van der Waals surface area contributed by atoms with Crippen LogP contribution >= 0.6 is 15.9 Å². The van der Waals surface area contributed by atoms with Crippen molar-refractivity contribution < 1.29 is 4.92 Å². The van der Waals surface area contributed by atoms with Gasteiger partial charge in [0.15, 0.2) is 0 Å². The second-order valence-electron chi connectivity index (χ2n) is 4.82. The van der Waals surface area contributed by atoms with Gasteiger partial charge < -0.3 is 9.80 Å². The third-order valence-corrected chi connectivity index (χ3v) is 3.94. The minimum Gasteiger partial charge on any atom is -0.371 e. The molecule has 2 heterocycles. The molecule has 2 aromatic rings. The molecule has 1 aromatic heterocycles. The van der Waals surface area contributed by atoms with E-state index in [2.05, 4.69) is 25.8 Å². The molecule has 0 fully saturated rings. The smallest absolute Gasteiger partial charge is 0.313 e. The predicted molar refractivity (Wildman–Crippen MR) is 85.3 cm³/mol. The number of para-hydroxylation sites is 2. The Balaban J connectivity index is 2.14. The predicted octanol–water partition coefficient (Wildman–Crippen LogP) is 3.34. The van der Waals surface area contributed by atoms with Crippen LogP contribution in [0.15, 0.2) is 41.0 Å². The molecule has 0 atom stereocenters. The molecule has 0 spiro atoms. The van der Waals surface area contributed by atoms with Gasteiger partial charge in [0, 0.05) is 36.9 Å². The zero-order valence-electron chi connectivity index (χ0n) is 11.4. The zero-order valence-corrected chi connectivity index (χ0v) is 12.9. The van der Waals surface area contributed by atoms with Gasteiger partial charge in [0.25, 0.3) is 0 Å². The van der Waals surface area contributed by atoms with Crippen molar-refractivity contribution >= 4 is 38.8 Å². The van der Waals surface area contributed by atoms with Gasteiger partial charge in [0.2, 0.25) is 5.82 Å². The highest BCUT2D eigenvalue weighted by Crippen LogP contribution is 2.39. The summed E-state index contributed by atoms with van der Waals surface area (Å²) in [7, 11) is 2.01. The van der Waals surface area contributed by atoms with Gasteiger partial charge in [-0.3, -0.25) is 10.1 Å². The molecule has 3 rings (SSSR count). The van der Waals surface area contributed by atoms with Crippen molar-refractivity contribution in [1.82, 2.24) is 4.98 Å². The fraction of sp³-hybridized carbons (Fsp3) is 0.214. The first-order valence-electron chi connectivity index (χ1n) is 6.45. The van der Waals surface area contributed by atoms with E-state index in [-0.39, 0.29) is 5.69 Å². The molecule has 0 aliphatic carbocycles. The van der Waals surface area contributed by atoms with E-state index in [1.54, 1.807) is 6.20 Å². The van der Waals surface area contributed by atoms with E-state index in [1.165, 1.54) is 6.07 Å². The minimum absolute atomic E-state index is 0.00345. The maximum atomic E-state index is 11.3. The number of aromatic nitrogens is 1. The van der Waals surface area contributed by atoms with Crippen LogP contribution < -0.4 is 9.80 Å². The van der Waals surface area contributed by atoms with Crippen LogP contribution in [-0.4, -0.2) is 30.0 Å². The summed E-state index contributed by atoms with van der Waals surface area (Å²) in [5.41, 5.74) is 1.98. The van der Waals surface area contributed by atoms with E-state index in [1.807, 2.05) is 36.2 Å². The van der Waals surface area contributed by atoms with Crippen molar-refractivity contribution in [1.29, 1.82) is 0 Å². The molecule has 1 aromatic carbocycles. The molecule has 0 saturated carbocycles. The van der Waals surface area contributed by atoms with Crippen LogP contribution in [0, 0.1) is 10.1 Å². The van der Waals surface area contributed by atoms with Crippen LogP contribution in [-0.2, 0) is 0 Å². The van der Waals surface area contributed by atoms with Gasteiger partial charge in [0.05, 0.1) is 16.3 Å².